The Balaban J connectivity index is 2.60. The van der Waals surface area contributed by atoms with Crippen molar-refractivity contribution < 1.29 is 39.6 Å². The lowest BCUT2D eigenvalue weighted by Gasteiger charge is -2.09. The molecule has 0 saturated heterocycles. The molecule has 0 radical (unpaired) electrons. The van der Waals surface area contributed by atoms with Gasteiger partial charge < -0.3 is 20.4 Å². The summed E-state index contributed by atoms with van der Waals surface area (Å²) in [5, 5.41) is 36.6. The molecule has 0 aliphatic carbocycles. The molecule has 0 bridgehead atoms. The molecule has 0 aliphatic rings. The van der Waals surface area contributed by atoms with Crippen molar-refractivity contribution in [2.45, 2.75) is 0 Å². The van der Waals surface area contributed by atoms with Crippen molar-refractivity contribution in [3.63, 3.8) is 0 Å². The number of hydrogen-bond acceptors (Lipinski definition) is 4. The predicted molar refractivity (Wildman–Crippen MR) is 89.6 cm³/mol. The lowest BCUT2D eigenvalue weighted by molar-refractivity contribution is 0.0649. The van der Waals surface area contributed by atoms with Crippen LogP contribution in [-0.2, 0) is 0 Å². The molecule has 8 nitrogen and oxygen atoms in total. The zero-order valence-corrected chi connectivity index (χ0v) is 13.0. The van der Waals surface area contributed by atoms with E-state index in [9.17, 15) is 29.4 Å². The lowest BCUT2D eigenvalue weighted by atomic mass is 9.94. The van der Waals surface area contributed by atoms with E-state index in [1.54, 1.807) is 0 Å². The van der Waals surface area contributed by atoms with E-state index in [-0.39, 0.29) is 16.7 Å². The van der Waals surface area contributed by atoms with Gasteiger partial charge in [-0.1, -0.05) is 24.3 Å². The summed E-state index contributed by atoms with van der Waals surface area (Å²) in [5.41, 5.74) is -1.30. The highest BCUT2D eigenvalue weighted by Gasteiger charge is 2.24. The van der Waals surface area contributed by atoms with Gasteiger partial charge in [0.2, 0.25) is 0 Å². The maximum Gasteiger partial charge on any atom is 0.337 e. The van der Waals surface area contributed by atoms with E-state index in [4.69, 9.17) is 10.2 Å². The Labute approximate surface area is 146 Å². The first-order valence-electron chi connectivity index (χ1n) is 7.10. The molecule has 2 aromatic rings. The summed E-state index contributed by atoms with van der Waals surface area (Å²) in [6.07, 6.45) is 2.54. The van der Waals surface area contributed by atoms with E-state index < -0.39 is 35.0 Å². The van der Waals surface area contributed by atoms with E-state index in [0.717, 1.165) is 12.1 Å². The average molecular weight is 356 g/mol. The Morgan fingerprint density at radius 3 is 1.62 bits per heavy atom. The highest BCUT2D eigenvalue weighted by atomic mass is 16.4. The van der Waals surface area contributed by atoms with Crippen molar-refractivity contribution in [3.8, 4) is 0 Å². The van der Waals surface area contributed by atoms with Crippen LogP contribution in [0.4, 0.5) is 0 Å². The van der Waals surface area contributed by atoms with Gasteiger partial charge in [-0.15, -0.1) is 0 Å². The van der Waals surface area contributed by atoms with Gasteiger partial charge in [-0.3, -0.25) is 0 Å². The molecule has 2 aromatic carbocycles. The SMILES string of the molecule is O=C(O)c1ccc(/C=C/c2c(C(=O)O)ccc(C(=O)O)c2C(=O)O)cc1. The molecule has 0 heterocycles. The van der Waals surface area contributed by atoms with Crippen LogP contribution in [0.3, 0.4) is 0 Å². The number of rotatable bonds is 6. The van der Waals surface area contributed by atoms with Crippen molar-refractivity contribution in [1.82, 2.24) is 0 Å². The summed E-state index contributed by atoms with van der Waals surface area (Å²) < 4.78 is 0. The fourth-order valence-electron chi connectivity index (χ4n) is 2.30. The molecule has 0 aromatic heterocycles. The van der Waals surface area contributed by atoms with Gasteiger partial charge in [0.05, 0.1) is 22.3 Å². The second-order valence-electron chi connectivity index (χ2n) is 5.13. The van der Waals surface area contributed by atoms with Crippen molar-refractivity contribution in [2.75, 3.05) is 0 Å². The van der Waals surface area contributed by atoms with Gasteiger partial charge in [0.1, 0.15) is 0 Å². The highest BCUT2D eigenvalue weighted by Crippen LogP contribution is 2.23. The van der Waals surface area contributed by atoms with E-state index in [2.05, 4.69) is 0 Å². The number of carbonyl (C=O) groups is 4. The third kappa shape index (κ3) is 3.75. The lowest BCUT2D eigenvalue weighted by Crippen LogP contribution is -2.13. The van der Waals surface area contributed by atoms with Gasteiger partial charge in [-0.25, -0.2) is 19.2 Å². The maximum atomic E-state index is 11.5. The van der Waals surface area contributed by atoms with Gasteiger partial charge in [-0.2, -0.15) is 0 Å². The summed E-state index contributed by atoms with van der Waals surface area (Å²) in [5.74, 6) is -5.60. The van der Waals surface area contributed by atoms with E-state index in [0.29, 0.717) is 5.56 Å². The highest BCUT2D eigenvalue weighted by molar-refractivity contribution is 6.08. The molecule has 0 aliphatic heterocycles. The minimum absolute atomic E-state index is 0.0486. The van der Waals surface area contributed by atoms with Gasteiger partial charge in [-0.05, 0) is 29.8 Å². The summed E-state index contributed by atoms with van der Waals surface area (Å²) in [6.45, 7) is 0. The van der Waals surface area contributed by atoms with Crippen LogP contribution in [0.25, 0.3) is 12.2 Å². The number of carboxylic acids is 4. The van der Waals surface area contributed by atoms with E-state index >= 15 is 0 Å². The molecule has 0 atom stereocenters. The number of hydrogen-bond donors (Lipinski definition) is 4. The molecule has 4 N–H and O–H groups in total. The molecule has 8 heteroatoms. The van der Waals surface area contributed by atoms with Gasteiger partial charge >= 0.3 is 23.9 Å². The molecule has 0 amide bonds. The molecule has 2 rings (SSSR count). The Hall–Kier alpha value is -3.94. The van der Waals surface area contributed by atoms with Crippen molar-refractivity contribution in [2.24, 2.45) is 0 Å². The second-order valence-corrected chi connectivity index (χ2v) is 5.13. The minimum Gasteiger partial charge on any atom is -0.478 e. The summed E-state index contributed by atoms with van der Waals surface area (Å²) in [4.78, 5) is 44.9. The predicted octanol–water partition coefficient (Wildman–Crippen LogP) is 2.65. The van der Waals surface area contributed by atoms with Crippen molar-refractivity contribution in [3.05, 3.63) is 69.8 Å². The Morgan fingerprint density at radius 2 is 1.15 bits per heavy atom. The molecule has 0 saturated carbocycles. The van der Waals surface area contributed by atoms with Crippen LogP contribution < -0.4 is 0 Å². The topological polar surface area (TPSA) is 149 Å². The zero-order chi connectivity index (χ0) is 19.4. The van der Waals surface area contributed by atoms with Crippen molar-refractivity contribution in [1.29, 1.82) is 0 Å². The van der Waals surface area contributed by atoms with Crippen LogP contribution in [0.1, 0.15) is 52.6 Å². The van der Waals surface area contributed by atoms with Crippen LogP contribution >= 0.6 is 0 Å². The second kappa shape index (κ2) is 7.31. The van der Waals surface area contributed by atoms with E-state index in [1.807, 2.05) is 0 Å². The molecular formula is C18H12O8. The smallest absolute Gasteiger partial charge is 0.337 e. The average Bonchev–Trinajstić information content (AvgIpc) is 2.58. The van der Waals surface area contributed by atoms with Crippen LogP contribution in [0, 0.1) is 0 Å². The Morgan fingerprint density at radius 1 is 0.615 bits per heavy atom. The molecule has 132 valence electrons. The third-order valence-electron chi connectivity index (χ3n) is 3.52. The molecule has 0 spiro atoms. The van der Waals surface area contributed by atoms with Gasteiger partial charge in [0.25, 0.3) is 0 Å². The first-order valence-corrected chi connectivity index (χ1v) is 7.10. The van der Waals surface area contributed by atoms with Crippen LogP contribution in [0.15, 0.2) is 36.4 Å². The Kier molecular flexibility index (Phi) is 5.17. The third-order valence-corrected chi connectivity index (χ3v) is 3.52. The molecule has 0 unspecified atom stereocenters. The molecular weight excluding hydrogens is 344 g/mol. The van der Waals surface area contributed by atoms with Crippen LogP contribution in [-0.4, -0.2) is 44.3 Å². The van der Waals surface area contributed by atoms with E-state index in [1.165, 1.54) is 36.4 Å². The Bertz CT molecular complexity index is 938. The fourth-order valence-corrected chi connectivity index (χ4v) is 2.30. The largest absolute Gasteiger partial charge is 0.478 e. The van der Waals surface area contributed by atoms with Crippen LogP contribution in [0.2, 0.25) is 0 Å². The first kappa shape index (κ1) is 18.4. The number of aromatic carboxylic acids is 4. The standard InChI is InChI=1S/C18H12O8/c19-15(20)10-4-1-9(2-5-10)3-6-11-12(16(21)22)7-8-13(17(23)24)14(11)18(25)26/h1-8H,(H,19,20)(H,21,22)(H,23,24)(H,25,26)/b6-3+. The maximum absolute atomic E-state index is 11.5. The van der Waals surface area contributed by atoms with Gasteiger partial charge in [0, 0.05) is 5.56 Å². The quantitative estimate of drug-likeness (QED) is 0.577. The summed E-state index contributed by atoms with van der Waals surface area (Å²) in [6, 6.07) is 7.49. The summed E-state index contributed by atoms with van der Waals surface area (Å²) in [7, 11) is 0. The number of benzene rings is 2. The van der Waals surface area contributed by atoms with Crippen LogP contribution in [0.5, 0.6) is 0 Å². The first-order chi connectivity index (χ1) is 12.2. The van der Waals surface area contributed by atoms with Gasteiger partial charge in [0.15, 0.2) is 0 Å². The van der Waals surface area contributed by atoms with Crippen molar-refractivity contribution >= 4 is 36.0 Å². The summed E-state index contributed by atoms with van der Waals surface area (Å²) >= 11 is 0. The molecule has 0 fully saturated rings. The molecule has 26 heavy (non-hydrogen) atoms. The zero-order valence-electron chi connectivity index (χ0n) is 13.0. The fraction of sp³-hybridized carbons (Fsp3) is 0. The number of carboxylic acid groups (broad SMARTS) is 4. The monoisotopic (exact) mass is 356 g/mol. The normalized spacial score (nSPS) is 10.6. The minimum atomic E-state index is -1.58.